The number of halogens is 10. The highest BCUT2D eigenvalue weighted by molar-refractivity contribution is 7.73. The molecule has 4 aromatic carbocycles. The zero-order valence-electron chi connectivity index (χ0n) is 25.9. The van der Waals surface area contributed by atoms with Crippen molar-refractivity contribution < 1.29 is 43.9 Å². The minimum absolute atomic E-state index is 0.301. The third-order valence-corrected chi connectivity index (χ3v) is 11.1. The molecule has 0 atom stereocenters. The van der Waals surface area contributed by atoms with Gasteiger partial charge in [-0.2, -0.15) is 0 Å². The second kappa shape index (κ2) is 13.3. The molecule has 0 saturated heterocycles. The summed E-state index contributed by atoms with van der Waals surface area (Å²) in [6, 6.07) is 7.55. The van der Waals surface area contributed by atoms with Gasteiger partial charge in [-0.3, -0.25) is 0 Å². The molecule has 0 heterocycles. The molecule has 4 rings (SSSR count). The van der Waals surface area contributed by atoms with Crippen molar-refractivity contribution >= 4 is 36.2 Å². The smallest absolute Gasteiger partial charge is 0.204 e. The molecule has 0 bridgehead atoms. The molecule has 46 heavy (non-hydrogen) atoms. The Hall–Kier alpha value is -3.59. The van der Waals surface area contributed by atoms with Gasteiger partial charge in [0.15, 0.2) is 58.2 Å². The van der Waals surface area contributed by atoms with E-state index in [0.717, 1.165) is 50.1 Å². The molecule has 0 aliphatic carbocycles. The van der Waals surface area contributed by atoms with Crippen molar-refractivity contribution in [2.24, 2.45) is 0 Å². The van der Waals surface area contributed by atoms with Crippen molar-refractivity contribution in [3.8, 4) is 0 Å². The van der Waals surface area contributed by atoms with Crippen LogP contribution < -0.4 is 21.5 Å². The van der Waals surface area contributed by atoms with Crippen molar-refractivity contribution in [3.63, 3.8) is 0 Å². The molecule has 0 spiro atoms. The van der Waals surface area contributed by atoms with E-state index in [-0.39, 0.29) is 11.6 Å². The summed E-state index contributed by atoms with van der Waals surface area (Å²) in [5.41, 5.74) is 1.21. The molecule has 12 heteroatoms. The van der Waals surface area contributed by atoms with Gasteiger partial charge in [-0.05, 0) is 95.4 Å². The van der Waals surface area contributed by atoms with Gasteiger partial charge in [0, 0.05) is 10.9 Å². The Labute approximate surface area is 262 Å². The Morgan fingerprint density at radius 1 is 0.500 bits per heavy atom. The second-order valence-electron chi connectivity index (χ2n) is 11.3. The highest BCUT2D eigenvalue weighted by Gasteiger charge is 2.42. The quantitative estimate of drug-likeness (QED) is 0.0614. The van der Waals surface area contributed by atoms with Crippen LogP contribution in [-0.4, -0.2) is 12.9 Å². The zero-order chi connectivity index (χ0) is 34.5. The molecule has 0 aliphatic heterocycles. The van der Waals surface area contributed by atoms with Crippen LogP contribution in [0.3, 0.4) is 0 Å². The summed E-state index contributed by atoms with van der Waals surface area (Å²) in [6.07, 6.45) is 0.846. The molecule has 0 aromatic heterocycles. The van der Waals surface area contributed by atoms with Crippen LogP contribution in [0, 0.1) is 99.7 Å². The maximum absolute atomic E-state index is 15.5. The third kappa shape index (κ3) is 5.99. The van der Waals surface area contributed by atoms with E-state index in [0.29, 0.717) is 0 Å². The number of aryl methyl sites for hydroxylation is 6. The predicted molar refractivity (Wildman–Crippen MR) is 164 cm³/mol. The van der Waals surface area contributed by atoms with Gasteiger partial charge >= 0.3 is 0 Å². The summed E-state index contributed by atoms with van der Waals surface area (Å²) in [4.78, 5) is 0. The first-order valence-corrected chi connectivity index (χ1v) is 15.6. The molecule has 0 radical (unpaired) electrons. The van der Waals surface area contributed by atoms with E-state index in [1.807, 2.05) is 65.8 Å². The summed E-state index contributed by atoms with van der Waals surface area (Å²) in [5.74, 6) is -24.7. The third-order valence-electron chi connectivity index (χ3n) is 7.96. The van der Waals surface area contributed by atoms with Crippen LogP contribution in [0.5, 0.6) is 0 Å². The normalized spacial score (nSPS) is 12.0. The summed E-state index contributed by atoms with van der Waals surface area (Å²) in [5, 5.41) is 1.53. The van der Waals surface area contributed by atoms with E-state index in [4.69, 9.17) is 0 Å². The largest absolute Gasteiger partial charge is 0.253 e. The van der Waals surface area contributed by atoms with Crippen LogP contribution in [0.25, 0.3) is 0 Å². The molecule has 242 valence electrons. The second-order valence-corrected chi connectivity index (χ2v) is 13.4. The van der Waals surface area contributed by atoms with Crippen LogP contribution >= 0.6 is 7.92 Å². The maximum Gasteiger partial charge on any atom is 0.253 e. The zero-order valence-corrected chi connectivity index (χ0v) is 26.8. The maximum atomic E-state index is 15.5. The van der Waals surface area contributed by atoms with Gasteiger partial charge in [0.1, 0.15) is 0 Å². The number of hydrogen-bond donors (Lipinski definition) is 0. The summed E-state index contributed by atoms with van der Waals surface area (Å²) in [7, 11) is -1.68. The molecule has 0 nitrogen and oxygen atoms in total. The van der Waals surface area contributed by atoms with Gasteiger partial charge in [0.2, 0.25) is 0 Å². The first kappa shape index (κ1) is 35.3. The lowest BCUT2D eigenvalue weighted by Crippen LogP contribution is -2.53. The van der Waals surface area contributed by atoms with Crippen molar-refractivity contribution in [3.05, 3.63) is 127 Å². The van der Waals surface area contributed by atoms with Crippen molar-refractivity contribution in [2.45, 2.75) is 48.5 Å². The first-order valence-electron chi connectivity index (χ1n) is 14.0. The number of allylic oxidation sites excluding steroid dienone is 2. The molecule has 0 aliphatic rings. The minimum atomic E-state index is -2.60. The molecular formula is C34H28BF10P. The highest BCUT2D eigenvalue weighted by atomic mass is 31.1. The standard InChI is InChI=1S/C34H28BF10P/c1-8-20(13-46(33-16(4)9-14(2)10-17(33)5)34-18(6)11-15(3)12-19(34)7)35(21-23(36)27(40)31(44)28(41)24(21)37)22-25(38)29(42)32(45)30(43)26(22)39/h8-12H,13H2,1-7H3/b20-8+. The van der Waals surface area contributed by atoms with Gasteiger partial charge in [-0.25, -0.2) is 43.9 Å². The van der Waals surface area contributed by atoms with Gasteiger partial charge in [0.25, 0.3) is 6.71 Å². The minimum Gasteiger partial charge on any atom is -0.204 e. The lowest BCUT2D eigenvalue weighted by Gasteiger charge is -2.30. The average molecular weight is 668 g/mol. The van der Waals surface area contributed by atoms with Crippen LogP contribution in [-0.2, 0) is 0 Å². The Kier molecular flexibility index (Phi) is 10.2. The summed E-state index contributed by atoms with van der Waals surface area (Å²) >= 11 is 0. The van der Waals surface area contributed by atoms with Crippen molar-refractivity contribution in [1.82, 2.24) is 0 Å². The van der Waals surface area contributed by atoms with Crippen LogP contribution in [0.1, 0.15) is 40.3 Å². The Balaban J connectivity index is 2.14. The summed E-state index contributed by atoms with van der Waals surface area (Å²) in [6.45, 7) is 9.73. The van der Waals surface area contributed by atoms with Crippen LogP contribution in [0.15, 0.2) is 35.8 Å². The van der Waals surface area contributed by atoms with Gasteiger partial charge in [0.05, 0.1) is 0 Å². The van der Waals surface area contributed by atoms with Crippen molar-refractivity contribution in [2.75, 3.05) is 6.16 Å². The average Bonchev–Trinajstić information content (AvgIpc) is 2.97. The monoisotopic (exact) mass is 668 g/mol. The SMILES string of the molecule is C/C=C(\CP(c1c(C)cc(C)cc1C)c1c(C)cc(C)cc1C)B(c1c(F)c(F)c(F)c(F)c1F)c1c(F)c(F)c(F)c(F)c1F. The Morgan fingerprint density at radius 2 is 0.761 bits per heavy atom. The highest BCUT2D eigenvalue weighted by Crippen LogP contribution is 2.42. The first-order chi connectivity index (χ1) is 21.4. The molecule has 0 fully saturated rings. The molecular weight excluding hydrogens is 640 g/mol. The molecule has 0 amide bonds. The number of benzene rings is 4. The van der Waals surface area contributed by atoms with Gasteiger partial charge in [-0.1, -0.05) is 46.9 Å². The molecule has 0 N–H and O–H groups in total. The molecule has 0 unspecified atom stereocenters. The summed E-state index contributed by atoms with van der Waals surface area (Å²) < 4.78 is 148. The fourth-order valence-electron chi connectivity index (χ4n) is 6.26. The van der Waals surface area contributed by atoms with Crippen LogP contribution in [0.4, 0.5) is 43.9 Å². The van der Waals surface area contributed by atoms with Crippen LogP contribution in [0.2, 0.25) is 0 Å². The Bertz CT molecular complexity index is 1690. The van der Waals surface area contributed by atoms with Gasteiger partial charge in [-0.15, -0.1) is 0 Å². The Morgan fingerprint density at radius 3 is 1.02 bits per heavy atom. The van der Waals surface area contributed by atoms with Crippen molar-refractivity contribution in [1.29, 1.82) is 0 Å². The van der Waals surface area contributed by atoms with E-state index < -0.39 is 83.7 Å². The fraction of sp³-hybridized carbons (Fsp3) is 0.235. The van der Waals surface area contributed by atoms with E-state index in [1.165, 1.54) is 6.92 Å². The number of hydrogen-bond acceptors (Lipinski definition) is 0. The van der Waals surface area contributed by atoms with E-state index in [2.05, 4.69) is 0 Å². The van der Waals surface area contributed by atoms with E-state index in [9.17, 15) is 26.3 Å². The predicted octanol–water partition coefficient (Wildman–Crippen LogP) is 8.16. The van der Waals surface area contributed by atoms with E-state index in [1.54, 1.807) is 0 Å². The fourth-order valence-corrected chi connectivity index (χ4v) is 9.50. The topological polar surface area (TPSA) is 0 Å². The molecule has 4 aromatic rings. The lowest BCUT2D eigenvalue weighted by atomic mass is 9.35. The molecule has 0 saturated carbocycles. The number of rotatable bonds is 7. The van der Waals surface area contributed by atoms with Gasteiger partial charge < -0.3 is 0 Å². The van der Waals surface area contributed by atoms with E-state index >= 15 is 17.6 Å². The lowest BCUT2D eigenvalue weighted by molar-refractivity contribution is 0.382.